The SMILES string of the molecule is NC1=NC(=O)C(CC(=O)Nc2cccc(C(=O)NCCc3ccc(S(N)(=O)=O)cc3)c2)S1. The molecule has 1 aliphatic heterocycles. The van der Waals surface area contributed by atoms with E-state index < -0.39 is 21.2 Å². The minimum absolute atomic E-state index is 0.0241. The molecule has 1 heterocycles. The van der Waals surface area contributed by atoms with E-state index in [9.17, 15) is 22.8 Å². The van der Waals surface area contributed by atoms with E-state index in [-0.39, 0.29) is 28.3 Å². The summed E-state index contributed by atoms with van der Waals surface area (Å²) >= 11 is 1.05. The maximum Gasteiger partial charge on any atom is 0.262 e. The molecule has 0 bridgehead atoms. The Hall–Kier alpha value is -3.22. The van der Waals surface area contributed by atoms with Gasteiger partial charge in [-0.25, -0.2) is 13.6 Å². The molecule has 12 heteroatoms. The van der Waals surface area contributed by atoms with Crippen molar-refractivity contribution in [2.75, 3.05) is 11.9 Å². The predicted molar refractivity (Wildman–Crippen MR) is 122 cm³/mol. The molecule has 10 nitrogen and oxygen atoms in total. The van der Waals surface area contributed by atoms with Crippen molar-refractivity contribution in [2.24, 2.45) is 15.9 Å². The predicted octanol–water partition coefficient (Wildman–Crippen LogP) is 0.592. The quantitative estimate of drug-likeness (QED) is 0.432. The zero-order valence-electron chi connectivity index (χ0n) is 16.8. The van der Waals surface area contributed by atoms with Crippen LogP contribution < -0.4 is 21.5 Å². The largest absolute Gasteiger partial charge is 0.378 e. The molecule has 2 aromatic rings. The lowest BCUT2D eigenvalue weighted by molar-refractivity contribution is -0.121. The molecule has 2 aromatic carbocycles. The summed E-state index contributed by atoms with van der Waals surface area (Å²) in [5.74, 6) is -1.15. The summed E-state index contributed by atoms with van der Waals surface area (Å²) < 4.78 is 22.6. The lowest BCUT2D eigenvalue weighted by Gasteiger charge is -2.10. The highest BCUT2D eigenvalue weighted by Crippen LogP contribution is 2.23. The lowest BCUT2D eigenvalue weighted by atomic mass is 10.1. The number of hydrogen-bond acceptors (Lipinski definition) is 7. The number of rotatable bonds is 8. The molecule has 32 heavy (non-hydrogen) atoms. The number of nitrogens with two attached hydrogens (primary N) is 2. The molecule has 1 unspecified atom stereocenters. The van der Waals surface area contributed by atoms with Crippen molar-refractivity contribution in [1.29, 1.82) is 0 Å². The second-order valence-corrected chi connectivity index (χ2v) is 9.71. The minimum Gasteiger partial charge on any atom is -0.378 e. The van der Waals surface area contributed by atoms with Crippen molar-refractivity contribution in [3.05, 3.63) is 59.7 Å². The van der Waals surface area contributed by atoms with E-state index >= 15 is 0 Å². The third-order valence-corrected chi connectivity index (χ3v) is 6.40. The lowest BCUT2D eigenvalue weighted by Crippen LogP contribution is -2.26. The number of thioether (sulfide) groups is 1. The molecule has 3 amide bonds. The van der Waals surface area contributed by atoms with Crippen LogP contribution in [0.15, 0.2) is 58.4 Å². The third kappa shape index (κ3) is 6.39. The first-order chi connectivity index (χ1) is 15.1. The molecule has 0 aromatic heterocycles. The zero-order valence-corrected chi connectivity index (χ0v) is 18.4. The Balaban J connectivity index is 1.50. The van der Waals surface area contributed by atoms with Crippen molar-refractivity contribution in [3.63, 3.8) is 0 Å². The van der Waals surface area contributed by atoms with E-state index in [1.807, 2.05) is 0 Å². The average molecular weight is 476 g/mol. The van der Waals surface area contributed by atoms with Crippen LogP contribution in [0.3, 0.4) is 0 Å². The van der Waals surface area contributed by atoms with Gasteiger partial charge >= 0.3 is 0 Å². The van der Waals surface area contributed by atoms with Crippen LogP contribution in [0.2, 0.25) is 0 Å². The molecule has 168 valence electrons. The van der Waals surface area contributed by atoms with Gasteiger partial charge in [-0.15, -0.1) is 0 Å². The van der Waals surface area contributed by atoms with Gasteiger partial charge in [0, 0.05) is 24.2 Å². The number of nitrogens with one attached hydrogen (secondary N) is 2. The maximum atomic E-state index is 12.4. The van der Waals surface area contributed by atoms with Gasteiger partial charge < -0.3 is 16.4 Å². The molecule has 0 spiro atoms. The fourth-order valence-corrected chi connectivity index (χ4v) is 4.26. The Morgan fingerprint density at radius 1 is 1.12 bits per heavy atom. The summed E-state index contributed by atoms with van der Waals surface area (Å²) in [6.45, 7) is 0.326. The molecule has 0 aliphatic carbocycles. The maximum absolute atomic E-state index is 12.4. The highest BCUT2D eigenvalue weighted by Gasteiger charge is 2.29. The fourth-order valence-electron chi connectivity index (χ4n) is 2.92. The summed E-state index contributed by atoms with van der Waals surface area (Å²) in [6, 6.07) is 12.5. The molecule has 0 fully saturated rings. The first kappa shape index (κ1) is 23.4. The Bertz CT molecular complexity index is 1180. The molecule has 0 saturated heterocycles. The summed E-state index contributed by atoms with van der Waals surface area (Å²) in [4.78, 5) is 39.9. The molecule has 0 saturated carbocycles. The molecular weight excluding hydrogens is 454 g/mol. The third-order valence-electron chi connectivity index (χ3n) is 4.49. The van der Waals surface area contributed by atoms with Crippen molar-refractivity contribution in [2.45, 2.75) is 23.0 Å². The summed E-state index contributed by atoms with van der Waals surface area (Å²) in [6.07, 6.45) is 0.416. The Morgan fingerprint density at radius 3 is 2.47 bits per heavy atom. The number of primary sulfonamides is 1. The van der Waals surface area contributed by atoms with Crippen LogP contribution in [0, 0.1) is 0 Å². The Labute approximate surface area is 188 Å². The summed E-state index contributed by atoms with van der Waals surface area (Å²) in [7, 11) is -3.74. The number of benzene rings is 2. The van der Waals surface area contributed by atoms with Crippen LogP contribution in [0.25, 0.3) is 0 Å². The van der Waals surface area contributed by atoms with Gasteiger partial charge in [-0.1, -0.05) is 30.0 Å². The fraction of sp³-hybridized carbons (Fsp3) is 0.200. The van der Waals surface area contributed by atoms with Crippen LogP contribution >= 0.6 is 11.8 Å². The average Bonchev–Trinajstić information content (AvgIpc) is 3.04. The second-order valence-electron chi connectivity index (χ2n) is 6.92. The minimum atomic E-state index is -3.74. The number of hydrogen-bond donors (Lipinski definition) is 4. The van der Waals surface area contributed by atoms with E-state index in [2.05, 4.69) is 15.6 Å². The number of amides is 3. The van der Waals surface area contributed by atoms with E-state index in [1.54, 1.807) is 30.3 Å². The van der Waals surface area contributed by atoms with Crippen molar-refractivity contribution in [3.8, 4) is 0 Å². The van der Waals surface area contributed by atoms with Gasteiger partial charge in [-0.2, -0.15) is 4.99 Å². The van der Waals surface area contributed by atoms with Gasteiger partial charge in [0.15, 0.2) is 5.17 Å². The van der Waals surface area contributed by atoms with E-state index in [0.29, 0.717) is 24.2 Å². The van der Waals surface area contributed by atoms with Crippen molar-refractivity contribution >= 4 is 50.4 Å². The monoisotopic (exact) mass is 475 g/mol. The first-order valence-corrected chi connectivity index (χ1v) is 11.9. The van der Waals surface area contributed by atoms with E-state index in [1.165, 1.54) is 18.2 Å². The van der Waals surface area contributed by atoms with Crippen LogP contribution in [-0.4, -0.2) is 43.1 Å². The van der Waals surface area contributed by atoms with Crippen LogP contribution in [0.5, 0.6) is 0 Å². The van der Waals surface area contributed by atoms with Gasteiger partial charge in [-0.05, 0) is 42.3 Å². The van der Waals surface area contributed by atoms with E-state index in [4.69, 9.17) is 10.9 Å². The first-order valence-electron chi connectivity index (χ1n) is 9.46. The number of carbonyl (C=O) groups excluding carboxylic acids is 3. The van der Waals surface area contributed by atoms with Crippen molar-refractivity contribution in [1.82, 2.24) is 5.32 Å². The number of nitrogens with zero attached hydrogens (tertiary/aromatic N) is 1. The van der Waals surface area contributed by atoms with Gasteiger partial charge in [0.25, 0.3) is 11.8 Å². The summed E-state index contributed by atoms with van der Waals surface area (Å²) in [5, 5.41) is 10.0. The van der Waals surface area contributed by atoms with Crippen LogP contribution in [0.1, 0.15) is 22.3 Å². The van der Waals surface area contributed by atoms with Gasteiger partial charge in [-0.3, -0.25) is 14.4 Å². The molecule has 1 atom stereocenters. The standard InChI is InChI=1S/C20H21N5O5S2/c21-20-25-19(28)16(31-20)11-17(26)24-14-3-1-2-13(10-14)18(27)23-9-8-12-4-6-15(7-5-12)32(22,29)30/h1-7,10,16H,8-9,11H2,(H,23,27)(H,24,26)(H2,21,25,28)(H2,22,29,30). The molecule has 3 rings (SSSR count). The topological polar surface area (TPSA) is 174 Å². The van der Waals surface area contributed by atoms with Gasteiger partial charge in [0.1, 0.15) is 5.25 Å². The van der Waals surface area contributed by atoms with Crippen molar-refractivity contribution < 1.29 is 22.8 Å². The normalized spacial score (nSPS) is 15.8. The molecule has 6 N–H and O–H groups in total. The Morgan fingerprint density at radius 2 is 1.84 bits per heavy atom. The second kappa shape index (κ2) is 9.94. The molecular formula is C20H21N5O5S2. The number of anilines is 1. The van der Waals surface area contributed by atoms with Gasteiger partial charge in [0.05, 0.1) is 4.90 Å². The van der Waals surface area contributed by atoms with Gasteiger partial charge in [0.2, 0.25) is 15.9 Å². The smallest absolute Gasteiger partial charge is 0.262 e. The highest BCUT2D eigenvalue weighted by atomic mass is 32.2. The highest BCUT2D eigenvalue weighted by molar-refractivity contribution is 8.15. The molecule has 0 radical (unpaired) electrons. The van der Waals surface area contributed by atoms with E-state index in [0.717, 1.165) is 17.3 Å². The number of carbonyl (C=O) groups is 3. The number of sulfonamides is 1. The number of amidine groups is 1. The summed E-state index contributed by atoms with van der Waals surface area (Å²) in [5.41, 5.74) is 7.10. The zero-order chi connectivity index (χ0) is 23.3. The van der Waals surface area contributed by atoms with Crippen LogP contribution in [-0.2, 0) is 26.0 Å². The molecule has 1 aliphatic rings. The Kier molecular flexibility index (Phi) is 7.28. The number of aliphatic imine (C=N–C) groups is 1. The van der Waals surface area contributed by atoms with Crippen LogP contribution in [0.4, 0.5) is 5.69 Å².